The van der Waals surface area contributed by atoms with E-state index in [1.54, 1.807) is 0 Å². The van der Waals surface area contributed by atoms with Crippen molar-refractivity contribution in [2.24, 2.45) is 5.73 Å². The number of hydrogen-bond donors (Lipinski definition) is 1. The van der Waals surface area contributed by atoms with E-state index in [1.807, 2.05) is 30.3 Å². The molecule has 0 spiro atoms. The summed E-state index contributed by atoms with van der Waals surface area (Å²) in [5, 5.41) is 0.193. The van der Waals surface area contributed by atoms with Crippen LogP contribution in [0.25, 0.3) is 0 Å². The van der Waals surface area contributed by atoms with Gasteiger partial charge in [-0.1, -0.05) is 67.8 Å². The quantitative estimate of drug-likeness (QED) is 0.692. The van der Waals surface area contributed by atoms with Crippen LogP contribution in [0.2, 0.25) is 0 Å². The van der Waals surface area contributed by atoms with Gasteiger partial charge in [0.2, 0.25) is 5.12 Å². The molecule has 2 nitrogen and oxygen atoms in total. The summed E-state index contributed by atoms with van der Waals surface area (Å²) >= 11 is 1.44. The van der Waals surface area contributed by atoms with E-state index in [-0.39, 0.29) is 17.5 Å². The van der Waals surface area contributed by atoms with Crippen molar-refractivity contribution in [3.63, 3.8) is 0 Å². The van der Waals surface area contributed by atoms with Crippen molar-refractivity contribution in [3.8, 4) is 0 Å². The molecule has 0 radical (unpaired) electrons. The number of carbonyl (C=O) groups is 1. The van der Waals surface area contributed by atoms with Gasteiger partial charge in [-0.3, -0.25) is 4.79 Å². The monoisotopic (exact) mass is 301 g/mol. The van der Waals surface area contributed by atoms with Crippen LogP contribution in [-0.2, 0) is 0 Å². The molecule has 0 heterocycles. The summed E-state index contributed by atoms with van der Waals surface area (Å²) in [6.45, 7) is 0.807. The minimum absolute atomic E-state index is 0. The SMILES string of the molecule is Cl.NCCCCCCCCSC(=O)c1ccccc1. The fourth-order valence-electron chi connectivity index (χ4n) is 1.78. The summed E-state index contributed by atoms with van der Waals surface area (Å²) in [7, 11) is 0. The molecule has 1 aromatic carbocycles. The molecule has 4 heteroatoms. The molecule has 1 aromatic rings. The van der Waals surface area contributed by atoms with Crippen LogP contribution in [0, 0.1) is 0 Å². The summed E-state index contributed by atoms with van der Waals surface area (Å²) in [6.07, 6.45) is 7.27. The number of thioether (sulfide) groups is 1. The standard InChI is InChI=1S/C15H23NOS.ClH/c16-12-8-3-1-2-4-9-13-18-15(17)14-10-6-5-7-11-14;/h5-7,10-11H,1-4,8-9,12-13,16H2;1H. The van der Waals surface area contributed by atoms with Crippen molar-refractivity contribution >= 4 is 29.3 Å². The Labute approximate surface area is 126 Å². The highest BCUT2D eigenvalue weighted by atomic mass is 35.5. The first kappa shape index (κ1) is 18.5. The van der Waals surface area contributed by atoms with Crippen LogP contribution in [0.1, 0.15) is 48.9 Å². The maximum atomic E-state index is 11.8. The molecule has 0 aliphatic heterocycles. The molecule has 0 aromatic heterocycles. The van der Waals surface area contributed by atoms with Crippen LogP contribution in [0.3, 0.4) is 0 Å². The second kappa shape index (κ2) is 12.5. The summed E-state index contributed by atoms with van der Waals surface area (Å²) in [5.74, 6) is 0.935. The van der Waals surface area contributed by atoms with Crippen LogP contribution in [0.5, 0.6) is 0 Å². The van der Waals surface area contributed by atoms with Crippen molar-refractivity contribution < 1.29 is 4.79 Å². The van der Waals surface area contributed by atoms with Gasteiger partial charge < -0.3 is 5.73 Å². The Morgan fingerprint density at radius 2 is 1.53 bits per heavy atom. The Morgan fingerprint density at radius 1 is 0.947 bits per heavy atom. The van der Waals surface area contributed by atoms with Crippen molar-refractivity contribution in [3.05, 3.63) is 35.9 Å². The van der Waals surface area contributed by atoms with Crippen molar-refractivity contribution in [2.45, 2.75) is 38.5 Å². The molecule has 2 N–H and O–H groups in total. The van der Waals surface area contributed by atoms with Gasteiger partial charge in [-0.2, -0.15) is 0 Å². The van der Waals surface area contributed by atoms with Gasteiger partial charge in [0.15, 0.2) is 0 Å². The summed E-state index contributed by atoms with van der Waals surface area (Å²) in [6, 6.07) is 9.50. The third kappa shape index (κ3) is 9.09. The Balaban J connectivity index is 0.00000324. The largest absolute Gasteiger partial charge is 0.330 e. The first-order chi connectivity index (χ1) is 8.84. The van der Waals surface area contributed by atoms with E-state index in [4.69, 9.17) is 5.73 Å². The van der Waals surface area contributed by atoms with Gasteiger partial charge >= 0.3 is 0 Å². The number of rotatable bonds is 9. The summed E-state index contributed by atoms with van der Waals surface area (Å²) < 4.78 is 0. The van der Waals surface area contributed by atoms with Crippen LogP contribution in [0.4, 0.5) is 0 Å². The first-order valence-electron chi connectivity index (χ1n) is 6.77. The van der Waals surface area contributed by atoms with Gasteiger partial charge in [-0.05, 0) is 19.4 Å². The van der Waals surface area contributed by atoms with Crippen molar-refractivity contribution in [1.82, 2.24) is 0 Å². The molecule has 19 heavy (non-hydrogen) atoms. The predicted molar refractivity (Wildman–Crippen MR) is 87.2 cm³/mol. The van der Waals surface area contributed by atoms with Crippen molar-refractivity contribution in [2.75, 3.05) is 12.3 Å². The molecule has 108 valence electrons. The molecule has 0 unspecified atom stereocenters. The molecule has 0 saturated heterocycles. The molecule has 1 rings (SSSR count). The van der Waals surface area contributed by atoms with Crippen LogP contribution >= 0.6 is 24.2 Å². The molecular weight excluding hydrogens is 278 g/mol. The summed E-state index contributed by atoms with van der Waals surface area (Å²) in [4.78, 5) is 11.8. The van der Waals surface area contributed by atoms with E-state index >= 15 is 0 Å². The molecule has 0 fully saturated rings. The maximum absolute atomic E-state index is 11.8. The fraction of sp³-hybridized carbons (Fsp3) is 0.533. The average Bonchev–Trinajstić information content (AvgIpc) is 2.42. The molecule has 0 aliphatic carbocycles. The van der Waals surface area contributed by atoms with E-state index in [0.29, 0.717) is 0 Å². The molecule has 0 atom stereocenters. The third-order valence-electron chi connectivity index (χ3n) is 2.84. The zero-order valence-corrected chi connectivity index (χ0v) is 13.0. The van der Waals surface area contributed by atoms with E-state index < -0.39 is 0 Å². The Morgan fingerprint density at radius 3 is 2.16 bits per heavy atom. The number of hydrogen-bond acceptors (Lipinski definition) is 3. The molecule has 0 bridgehead atoms. The topological polar surface area (TPSA) is 43.1 Å². The van der Waals surface area contributed by atoms with Gasteiger partial charge in [-0.25, -0.2) is 0 Å². The number of nitrogens with two attached hydrogens (primary N) is 1. The van der Waals surface area contributed by atoms with Gasteiger partial charge in [-0.15, -0.1) is 12.4 Å². The van der Waals surface area contributed by atoms with Crippen LogP contribution in [-0.4, -0.2) is 17.4 Å². The van der Waals surface area contributed by atoms with E-state index in [0.717, 1.165) is 30.7 Å². The number of halogens is 1. The highest BCUT2D eigenvalue weighted by Crippen LogP contribution is 2.15. The second-order valence-corrected chi connectivity index (χ2v) is 5.48. The number of carbonyl (C=O) groups excluding carboxylic acids is 1. The molecular formula is C15H24ClNOS. The lowest BCUT2D eigenvalue weighted by atomic mass is 10.1. The maximum Gasteiger partial charge on any atom is 0.219 e. The highest BCUT2D eigenvalue weighted by molar-refractivity contribution is 8.14. The Hall–Kier alpha value is -0.510. The smallest absolute Gasteiger partial charge is 0.219 e. The summed E-state index contributed by atoms with van der Waals surface area (Å²) in [5.41, 5.74) is 6.25. The number of unbranched alkanes of at least 4 members (excludes halogenated alkanes) is 5. The lowest BCUT2D eigenvalue weighted by Gasteiger charge is -2.02. The third-order valence-corrected chi connectivity index (χ3v) is 3.83. The first-order valence-corrected chi connectivity index (χ1v) is 7.75. The lowest BCUT2D eigenvalue weighted by Crippen LogP contribution is -1.97. The predicted octanol–water partition coefficient (Wildman–Crippen LogP) is 4.28. The normalized spacial score (nSPS) is 9.95. The van der Waals surface area contributed by atoms with E-state index in [1.165, 1.54) is 37.4 Å². The van der Waals surface area contributed by atoms with Gasteiger partial charge in [0.25, 0.3) is 0 Å². The Kier molecular flexibility index (Phi) is 12.2. The highest BCUT2D eigenvalue weighted by Gasteiger charge is 2.04. The van der Waals surface area contributed by atoms with Gasteiger partial charge in [0.05, 0.1) is 0 Å². The van der Waals surface area contributed by atoms with E-state index in [2.05, 4.69) is 0 Å². The minimum atomic E-state index is 0. The zero-order valence-electron chi connectivity index (χ0n) is 11.3. The van der Waals surface area contributed by atoms with Crippen LogP contribution < -0.4 is 5.73 Å². The zero-order chi connectivity index (χ0) is 13.1. The molecule has 0 aliphatic rings. The molecule has 0 saturated carbocycles. The molecule has 0 amide bonds. The van der Waals surface area contributed by atoms with Crippen molar-refractivity contribution in [1.29, 1.82) is 0 Å². The van der Waals surface area contributed by atoms with Gasteiger partial charge in [0.1, 0.15) is 0 Å². The second-order valence-electron chi connectivity index (χ2n) is 4.41. The minimum Gasteiger partial charge on any atom is -0.330 e. The number of benzene rings is 1. The van der Waals surface area contributed by atoms with Crippen LogP contribution in [0.15, 0.2) is 30.3 Å². The van der Waals surface area contributed by atoms with Gasteiger partial charge in [0, 0.05) is 11.3 Å². The Bertz CT molecular complexity index is 332. The average molecular weight is 302 g/mol. The fourth-order valence-corrected chi connectivity index (χ4v) is 2.61. The van der Waals surface area contributed by atoms with E-state index in [9.17, 15) is 4.79 Å². The lowest BCUT2D eigenvalue weighted by molar-refractivity contribution is 0.108.